The minimum Gasteiger partial charge on any atom is -0.481 e. The second-order valence-electron chi connectivity index (χ2n) is 4.36. The van der Waals surface area contributed by atoms with Gasteiger partial charge in [0.1, 0.15) is 0 Å². The summed E-state index contributed by atoms with van der Waals surface area (Å²) in [4.78, 5) is 4.09. The molecule has 0 saturated heterocycles. The lowest BCUT2D eigenvalue weighted by molar-refractivity contribution is 0.172. The van der Waals surface area contributed by atoms with Crippen LogP contribution >= 0.6 is 15.9 Å². The van der Waals surface area contributed by atoms with Crippen LogP contribution in [0.1, 0.15) is 22.9 Å². The van der Waals surface area contributed by atoms with E-state index in [4.69, 9.17) is 4.74 Å². The Hall–Kier alpha value is -1.40. The first-order valence-corrected chi connectivity index (χ1v) is 6.67. The summed E-state index contributed by atoms with van der Waals surface area (Å²) >= 11 is 3.37. The van der Waals surface area contributed by atoms with Gasteiger partial charge >= 0.3 is 0 Å². The zero-order chi connectivity index (χ0) is 14.0. The predicted molar refractivity (Wildman–Crippen MR) is 75.1 cm³/mol. The van der Waals surface area contributed by atoms with E-state index in [1.807, 2.05) is 13.0 Å². The highest BCUT2D eigenvalue weighted by molar-refractivity contribution is 9.10. The predicted octanol–water partition coefficient (Wildman–Crippen LogP) is 2.17. The lowest BCUT2D eigenvalue weighted by atomic mass is 10.0. The molecule has 1 N–H and O–H groups in total. The number of aliphatic hydroxyl groups is 1. The van der Waals surface area contributed by atoms with Gasteiger partial charge in [-0.1, -0.05) is 0 Å². The van der Waals surface area contributed by atoms with Gasteiger partial charge in [0.05, 0.1) is 24.5 Å². The highest BCUT2D eigenvalue weighted by atomic mass is 79.9. The summed E-state index contributed by atoms with van der Waals surface area (Å²) in [7, 11) is 3.37. The molecule has 2 heterocycles. The van der Waals surface area contributed by atoms with Gasteiger partial charge in [0.2, 0.25) is 5.88 Å². The maximum Gasteiger partial charge on any atom is 0.217 e. The molecule has 0 amide bonds. The fraction of sp³-hybridized carbons (Fsp3) is 0.385. The Labute approximate surface area is 120 Å². The largest absolute Gasteiger partial charge is 0.481 e. The van der Waals surface area contributed by atoms with E-state index in [1.54, 1.807) is 31.2 Å². The fourth-order valence-corrected chi connectivity index (χ4v) is 2.58. The fourth-order valence-electron chi connectivity index (χ4n) is 2.17. The Kier molecular flexibility index (Phi) is 4.21. The summed E-state index contributed by atoms with van der Waals surface area (Å²) in [5.41, 5.74) is 2.45. The third-order valence-electron chi connectivity index (χ3n) is 2.93. The molecule has 5 nitrogen and oxygen atoms in total. The lowest BCUT2D eigenvalue weighted by Gasteiger charge is -2.12. The number of rotatable bonds is 4. The van der Waals surface area contributed by atoms with Gasteiger partial charge in [-0.2, -0.15) is 5.10 Å². The molecule has 2 rings (SSSR count). The van der Waals surface area contributed by atoms with E-state index in [1.165, 1.54) is 0 Å². The lowest BCUT2D eigenvalue weighted by Crippen LogP contribution is -2.05. The van der Waals surface area contributed by atoms with Crippen molar-refractivity contribution in [2.75, 3.05) is 7.11 Å². The monoisotopic (exact) mass is 325 g/mol. The molecule has 0 aliphatic carbocycles. The standard InChI is InChI=1S/C13H16BrN3O2/c1-8-12(13(19-3)17(2)16-8)11(18)5-9-4-10(14)7-15-6-9/h4,6-7,11,18H,5H2,1-3H3. The molecule has 0 spiro atoms. The zero-order valence-corrected chi connectivity index (χ0v) is 12.7. The molecule has 2 aromatic heterocycles. The van der Waals surface area contributed by atoms with E-state index >= 15 is 0 Å². The molecule has 1 unspecified atom stereocenters. The van der Waals surface area contributed by atoms with Crippen LogP contribution in [0.3, 0.4) is 0 Å². The number of hydrogen-bond acceptors (Lipinski definition) is 4. The second-order valence-corrected chi connectivity index (χ2v) is 5.28. The van der Waals surface area contributed by atoms with Gasteiger partial charge in [0.25, 0.3) is 0 Å². The van der Waals surface area contributed by atoms with Gasteiger partial charge in [-0.05, 0) is 34.5 Å². The Morgan fingerprint density at radius 3 is 2.84 bits per heavy atom. The molecule has 102 valence electrons. The number of methoxy groups -OCH3 is 1. The normalized spacial score (nSPS) is 12.5. The highest BCUT2D eigenvalue weighted by Gasteiger charge is 2.21. The second kappa shape index (κ2) is 5.71. The number of aromatic nitrogens is 3. The molecule has 2 aromatic rings. The van der Waals surface area contributed by atoms with Crippen LogP contribution in [0, 0.1) is 6.92 Å². The van der Waals surface area contributed by atoms with Gasteiger partial charge in [-0.25, -0.2) is 4.68 Å². The number of nitrogens with zero attached hydrogens (tertiary/aromatic N) is 3. The quantitative estimate of drug-likeness (QED) is 0.935. The summed E-state index contributed by atoms with van der Waals surface area (Å²) in [6.07, 6.45) is 3.26. The SMILES string of the molecule is COc1c(C(O)Cc2cncc(Br)c2)c(C)nn1C. The molecular weight excluding hydrogens is 310 g/mol. The van der Waals surface area contributed by atoms with E-state index in [0.29, 0.717) is 12.3 Å². The van der Waals surface area contributed by atoms with Crippen molar-refractivity contribution in [2.24, 2.45) is 7.05 Å². The molecule has 1 atom stereocenters. The maximum atomic E-state index is 10.4. The topological polar surface area (TPSA) is 60.2 Å². The van der Waals surface area contributed by atoms with Crippen molar-refractivity contribution in [3.05, 3.63) is 39.8 Å². The van der Waals surface area contributed by atoms with Crippen LogP contribution in [0.15, 0.2) is 22.9 Å². The van der Waals surface area contributed by atoms with Crippen molar-refractivity contribution in [2.45, 2.75) is 19.4 Å². The average Bonchev–Trinajstić information content (AvgIpc) is 2.63. The van der Waals surface area contributed by atoms with Crippen LogP contribution in [0.25, 0.3) is 0 Å². The molecular formula is C13H16BrN3O2. The van der Waals surface area contributed by atoms with E-state index in [-0.39, 0.29) is 0 Å². The first-order valence-electron chi connectivity index (χ1n) is 5.88. The number of ether oxygens (including phenoxy) is 1. The van der Waals surface area contributed by atoms with Gasteiger partial charge in [-0.3, -0.25) is 4.98 Å². The molecule has 0 aromatic carbocycles. The van der Waals surface area contributed by atoms with E-state index < -0.39 is 6.10 Å². The number of pyridine rings is 1. The van der Waals surface area contributed by atoms with Crippen LogP contribution in [-0.4, -0.2) is 27.0 Å². The maximum absolute atomic E-state index is 10.4. The number of aryl methyl sites for hydroxylation is 2. The van der Waals surface area contributed by atoms with Crippen molar-refractivity contribution in [3.8, 4) is 5.88 Å². The van der Waals surface area contributed by atoms with Crippen molar-refractivity contribution < 1.29 is 9.84 Å². The highest BCUT2D eigenvalue weighted by Crippen LogP contribution is 2.30. The zero-order valence-electron chi connectivity index (χ0n) is 11.1. The number of hydrogen-bond donors (Lipinski definition) is 1. The van der Waals surface area contributed by atoms with Crippen LogP contribution in [-0.2, 0) is 13.5 Å². The summed E-state index contributed by atoms with van der Waals surface area (Å²) in [6, 6.07) is 1.94. The average molecular weight is 326 g/mol. The van der Waals surface area contributed by atoms with Gasteiger partial charge in [0, 0.05) is 30.3 Å². The minimum absolute atomic E-state index is 0.468. The van der Waals surface area contributed by atoms with Crippen molar-refractivity contribution in [1.82, 2.24) is 14.8 Å². The van der Waals surface area contributed by atoms with E-state index in [2.05, 4.69) is 26.0 Å². The van der Waals surface area contributed by atoms with Crippen LogP contribution in [0.5, 0.6) is 5.88 Å². The summed E-state index contributed by atoms with van der Waals surface area (Å²) in [6.45, 7) is 1.86. The van der Waals surface area contributed by atoms with Crippen molar-refractivity contribution in [3.63, 3.8) is 0 Å². The Morgan fingerprint density at radius 1 is 1.47 bits per heavy atom. The van der Waals surface area contributed by atoms with Gasteiger partial charge in [0.15, 0.2) is 0 Å². The van der Waals surface area contributed by atoms with Crippen LogP contribution in [0.4, 0.5) is 0 Å². The minimum atomic E-state index is -0.667. The smallest absolute Gasteiger partial charge is 0.217 e. The third kappa shape index (κ3) is 2.96. The van der Waals surface area contributed by atoms with E-state index in [9.17, 15) is 5.11 Å². The molecule has 0 aliphatic heterocycles. The van der Waals surface area contributed by atoms with Gasteiger partial charge < -0.3 is 9.84 Å². The molecule has 19 heavy (non-hydrogen) atoms. The molecule has 0 fully saturated rings. The first kappa shape index (κ1) is 14.0. The Bertz CT molecular complexity index is 583. The Morgan fingerprint density at radius 2 is 2.21 bits per heavy atom. The summed E-state index contributed by atoms with van der Waals surface area (Å²) < 4.78 is 7.82. The van der Waals surface area contributed by atoms with Crippen molar-refractivity contribution in [1.29, 1.82) is 0 Å². The Balaban J connectivity index is 2.27. The van der Waals surface area contributed by atoms with E-state index in [0.717, 1.165) is 21.3 Å². The molecule has 6 heteroatoms. The molecule has 0 radical (unpaired) electrons. The first-order chi connectivity index (χ1) is 9.02. The number of halogens is 1. The van der Waals surface area contributed by atoms with Crippen LogP contribution in [0.2, 0.25) is 0 Å². The molecule has 0 bridgehead atoms. The molecule has 0 saturated carbocycles. The third-order valence-corrected chi connectivity index (χ3v) is 3.36. The van der Waals surface area contributed by atoms with Crippen molar-refractivity contribution >= 4 is 15.9 Å². The van der Waals surface area contributed by atoms with Gasteiger partial charge in [-0.15, -0.1) is 0 Å². The summed E-state index contributed by atoms with van der Waals surface area (Å²) in [5, 5.41) is 14.7. The molecule has 0 aliphatic rings. The number of aliphatic hydroxyl groups excluding tert-OH is 1. The summed E-state index contributed by atoms with van der Waals surface area (Å²) in [5.74, 6) is 0.591. The van der Waals surface area contributed by atoms with Crippen LogP contribution < -0.4 is 4.74 Å².